The summed E-state index contributed by atoms with van der Waals surface area (Å²) in [5.74, 6) is -2.54. The summed E-state index contributed by atoms with van der Waals surface area (Å²) in [6.07, 6.45) is 3.47. The van der Waals surface area contributed by atoms with Crippen LogP contribution in [0.15, 0.2) is 22.2 Å². The zero-order chi connectivity index (χ0) is 17.9. The van der Waals surface area contributed by atoms with Gasteiger partial charge in [-0.25, -0.2) is 9.59 Å². The average molecular weight is 399 g/mol. The lowest BCUT2D eigenvalue weighted by Crippen LogP contribution is -2.44. The van der Waals surface area contributed by atoms with E-state index in [2.05, 4.69) is 15.9 Å². The Hall–Kier alpha value is -2.02. The molecule has 0 atom stereocenters. The molecule has 1 heterocycles. The molecule has 0 aliphatic carbocycles. The number of carbonyl (C=O) groups excluding carboxylic acids is 2. The molecule has 7 heteroatoms. The van der Waals surface area contributed by atoms with Crippen molar-refractivity contribution in [1.29, 1.82) is 0 Å². The zero-order valence-corrected chi connectivity index (χ0v) is 15.3. The van der Waals surface area contributed by atoms with Gasteiger partial charge in [0.25, 0.3) is 5.79 Å². The van der Waals surface area contributed by atoms with Crippen molar-refractivity contribution in [3.05, 3.63) is 27.7 Å². The smallest absolute Gasteiger partial charge is 0.348 e. The first-order chi connectivity index (χ1) is 11.3. The lowest BCUT2D eigenvalue weighted by Gasteiger charge is -2.33. The van der Waals surface area contributed by atoms with E-state index in [0.29, 0.717) is 16.5 Å². The van der Waals surface area contributed by atoms with Crippen molar-refractivity contribution in [2.45, 2.75) is 38.9 Å². The second-order valence-electron chi connectivity index (χ2n) is 5.63. The second-order valence-corrected chi connectivity index (χ2v) is 6.48. The summed E-state index contributed by atoms with van der Waals surface area (Å²) < 4.78 is 16.0. The van der Waals surface area contributed by atoms with Crippen molar-refractivity contribution in [3.8, 4) is 11.5 Å². The van der Waals surface area contributed by atoms with E-state index in [-0.39, 0.29) is 17.1 Å². The Bertz CT molecular complexity index is 675. The molecular weight excluding hydrogens is 380 g/mol. The molecule has 1 fully saturated rings. The van der Waals surface area contributed by atoms with Gasteiger partial charge in [0.05, 0.1) is 11.6 Å². The monoisotopic (exact) mass is 398 g/mol. The number of ether oxygens (including phenoxy) is 3. The van der Waals surface area contributed by atoms with E-state index in [1.807, 2.05) is 6.92 Å². The van der Waals surface area contributed by atoms with Crippen molar-refractivity contribution in [2.75, 3.05) is 7.11 Å². The molecule has 1 aromatic carbocycles. The van der Waals surface area contributed by atoms with Crippen LogP contribution in [0.1, 0.15) is 38.7 Å². The van der Waals surface area contributed by atoms with E-state index >= 15 is 0 Å². The number of hydrogen-bond donors (Lipinski definition) is 1. The fourth-order valence-electron chi connectivity index (χ4n) is 2.32. The van der Waals surface area contributed by atoms with E-state index in [4.69, 9.17) is 14.2 Å². The quantitative estimate of drug-likeness (QED) is 0.463. The molecule has 1 aliphatic heterocycles. The fourth-order valence-corrected chi connectivity index (χ4v) is 2.78. The van der Waals surface area contributed by atoms with Gasteiger partial charge in [0.1, 0.15) is 5.57 Å². The van der Waals surface area contributed by atoms with Crippen LogP contribution >= 0.6 is 15.9 Å². The molecule has 1 aromatic rings. The summed E-state index contributed by atoms with van der Waals surface area (Å²) in [7, 11) is 1.40. The van der Waals surface area contributed by atoms with Crippen LogP contribution in [0.25, 0.3) is 6.08 Å². The summed E-state index contributed by atoms with van der Waals surface area (Å²) in [6, 6.07) is 3.05. The van der Waals surface area contributed by atoms with Gasteiger partial charge in [-0.1, -0.05) is 13.3 Å². The fraction of sp³-hybridized carbons (Fsp3) is 0.412. The molecule has 0 aromatic heterocycles. The maximum atomic E-state index is 12.2. The predicted molar refractivity (Wildman–Crippen MR) is 90.4 cm³/mol. The first kappa shape index (κ1) is 18.3. The molecule has 0 unspecified atom stereocenters. The Kier molecular flexibility index (Phi) is 5.54. The van der Waals surface area contributed by atoms with Gasteiger partial charge in [0.15, 0.2) is 11.5 Å². The standard InChI is InChI=1S/C17H19BrO6/c1-4-5-6-17(2)23-15(20)11(16(21)24-17)7-10-8-12(18)14(19)13(9-10)22-3/h7-9,19H,4-6H2,1-3H3. The molecule has 1 aliphatic rings. The highest BCUT2D eigenvalue weighted by atomic mass is 79.9. The molecule has 2 rings (SSSR count). The molecule has 0 saturated carbocycles. The van der Waals surface area contributed by atoms with Crippen LogP contribution in [0, 0.1) is 0 Å². The van der Waals surface area contributed by atoms with E-state index in [9.17, 15) is 14.7 Å². The van der Waals surface area contributed by atoms with Crippen molar-refractivity contribution < 1.29 is 28.9 Å². The van der Waals surface area contributed by atoms with Gasteiger partial charge in [-0.15, -0.1) is 0 Å². The third-order valence-electron chi connectivity index (χ3n) is 3.62. The third-order valence-corrected chi connectivity index (χ3v) is 4.23. The van der Waals surface area contributed by atoms with E-state index in [0.717, 1.165) is 12.8 Å². The minimum atomic E-state index is -1.23. The van der Waals surface area contributed by atoms with Gasteiger partial charge in [0, 0.05) is 13.3 Å². The van der Waals surface area contributed by atoms with Crippen molar-refractivity contribution >= 4 is 33.9 Å². The Balaban J connectivity index is 2.30. The van der Waals surface area contributed by atoms with E-state index < -0.39 is 17.7 Å². The normalized spacial score (nSPS) is 20.4. The highest BCUT2D eigenvalue weighted by Gasteiger charge is 2.41. The highest BCUT2D eigenvalue weighted by molar-refractivity contribution is 9.10. The summed E-state index contributed by atoms with van der Waals surface area (Å²) in [6.45, 7) is 3.58. The maximum Gasteiger partial charge on any atom is 0.348 e. The molecule has 0 spiro atoms. The van der Waals surface area contributed by atoms with Gasteiger partial charge >= 0.3 is 11.9 Å². The van der Waals surface area contributed by atoms with Gasteiger partial charge < -0.3 is 19.3 Å². The molecular formula is C17H19BrO6. The van der Waals surface area contributed by atoms with Crippen LogP contribution in [-0.4, -0.2) is 29.9 Å². The Morgan fingerprint density at radius 1 is 1.29 bits per heavy atom. The minimum Gasteiger partial charge on any atom is -0.503 e. The molecule has 0 radical (unpaired) electrons. The predicted octanol–water partition coefficient (Wildman–Crippen LogP) is 3.55. The summed E-state index contributed by atoms with van der Waals surface area (Å²) >= 11 is 3.19. The van der Waals surface area contributed by atoms with Crippen LogP contribution in [0.4, 0.5) is 0 Å². The third kappa shape index (κ3) is 3.90. The Morgan fingerprint density at radius 2 is 1.92 bits per heavy atom. The Labute approximate surface area is 148 Å². The first-order valence-corrected chi connectivity index (χ1v) is 8.34. The van der Waals surface area contributed by atoms with E-state index in [1.165, 1.54) is 19.3 Å². The number of aromatic hydroxyl groups is 1. The molecule has 24 heavy (non-hydrogen) atoms. The largest absolute Gasteiger partial charge is 0.503 e. The number of halogens is 1. The first-order valence-electron chi connectivity index (χ1n) is 7.54. The maximum absolute atomic E-state index is 12.2. The minimum absolute atomic E-state index is 0.0689. The number of esters is 2. The lowest BCUT2D eigenvalue weighted by atomic mass is 10.1. The number of unbranched alkanes of at least 4 members (excludes halogenated alkanes) is 1. The average Bonchev–Trinajstić information content (AvgIpc) is 2.52. The van der Waals surface area contributed by atoms with Crippen molar-refractivity contribution in [2.24, 2.45) is 0 Å². The van der Waals surface area contributed by atoms with Crippen LogP contribution in [0.3, 0.4) is 0 Å². The number of methoxy groups -OCH3 is 1. The summed E-state index contributed by atoms with van der Waals surface area (Å²) in [4.78, 5) is 24.4. The van der Waals surface area contributed by atoms with Crippen molar-refractivity contribution in [1.82, 2.24) is 0 Å². The molecule has 1 saturated heterocycles. The lowest BCUT2D eigenvalue weighted by molar-refractivity contribution is -0.230. The number of phenolic OH excluding ortho intramolecular Hbond substituents is 1. The van der Waals surface area contributed by atoms with Crippen LogP contribution in [0.2, 0.25) is 0 Å². The number of hydrogen-bond acceptors (Lipinski definition) is 6. The van der Waals surface area contributed by atoms with E-state index in [1.54, 1.807) is 13.0 Å². The molecule has 0 amide bonds. The van der Waals surface area contributed by atoms with Gasteiger partial charge in [-0.2, -0.15) is 0 Å². The highest BCUT2D eigenvalue weighted by Crippen LogP contribution is 2.36. The van der Waals surface area contributed by atoms with Gasteiger partial charge in [0.2, 0.25) is 0 Å². The molecule has 1 N–H and O–H groups in total. The number of benzene rings is 1. The van der Waals surface area contributed by atoms with Gasteiger partial charge in [-0.3, -0.25) is 0 Å². The van der Waals surface area contributed by atoms with Gasteiger partial charge in [-0.05, 0) is 46.1 Å². The number of phenols is 1. The number of cyclic esters (lactones) is 2. The summed E-state index contributed by atoms with van der Waals surface area (Å²) in [5, 5.41) is 9.81. The van der Waals surface area contributed by atoms with Crippen LogP contribution in [0.5, 0.6) is 11.5 Å². The molecule has 6 nitrogen and oxygen atoms in total. The molecule has 0 bridgehead atoms. The number of rotatable bonds is 5. The topological polar surface area (TPSA) is 82.1 Å². The van der Waals surface area contributed by atoms with Crippen LogP contribution < -0.4 is 4.74 Å². The zero-order valence-electron chi connectivity index (χ0n) is 13.7. The molecule has 130 valence electrons. The van der Waals surface area contributed by atoms with Crippen molar-refractivity contribution in [3.63, 3.8) is 0 Å². The Morgan fingerprint density at radius 3 is 2.46 bits per heavy atom. The number of carbonyl (C=O) groups is 2. The SMILES string of the molecule is CCCCC1(C)OC(=O)C(=Cc2cc(Br)c(O)c(OC)c2)C(=O)O1. The summed E-state index contributed by atoms with van der Waals surface area (Å²) in [5.41, 5.74) is 0.279. The van der Waals surface area contributed by atoms with Crippen LogP contribution in [-0.2, 0) is 19.1 Å². The second kappa shape index (κ2) is 7.25.